The fourth-order valence-electron chi connectivity index (χ4n) is 3.73. The van der Waals surface area contributed by atoms with Gasteiger partial charge in [0.2, 0.25) is 5.78 Å². The molecule has 0 saturated carbocycles. The van der Waals surface area contributed by atoms with Crippen molar-refractivity contribution in [1.82, 2.24) is 0 Å². The summed E-state index contributed by atoms with van der Waals surface area (Å²) in [5.41, 5.74) is 1.16. The van der Waals surface area contributed by atoms with Crippen LogP contribution in [0, 0.1) is 10.1 Å². The topological polar surface area (TPSA) is 116 Å². The number of ketones is 1. The maximum Gasteiger partial charge on any atom is 0.341 e. The molecule has 0 heterocycles. The van der Waals surface area contributed by atoms with E-state index in [0.29, 0.717) is 16.7 Å². The summed E-state index contributed by atoms with van der Waals surface area (Å²) in [5.74, 6) is -1.77. The number of hydrogen-bond acceptors (Lipinski definition) is 6. The summed E-state index contributed by atoms with van der Waals surface area (Å²) >= 11 is 3.43. The minimum absolute atomic E-state index is 0.0429. The first-order chi connectivity index (χ1) is 18.3. The molecule has 38 heavy (non-hydrogen) atoms. The summed E-state index contributed by atoms with van der Waals surface area (Å²) in [4.78, 5) is 49.4. The molecule has 0 radical (unpaired) electrons. The standard InChI is InChI=1S/C29H21BrN2O6/c30-25(21-14-9-15-22(18-21)32(36)37)27(26(33)19-10-3-1-4-11-19)38-29(35)23-16-7-8-17-24(23)31-28(34)20-12-5-2-6-13-20/h1-18,25,27H,(H,31,34)/t25-,27+/m0/s1. The minimum Gasteiger partial charge on any atom is -0.449 e. The minimum atomic E-state index is -1.37. The lowest BCUT2D eigenvalue weighted by molar-refractivity contribution is -0.384. The lowest BCUT2D eigenvalue weighted by Crippen LogP contribution is -2.31. The van der Waals surface area contributed by atoms with E-state index in [1.807, 2.05) is 0 Å². The summed E-state index contributed by atoms with van der Waals surface area (Å²) < 4.78 is 5.74. The van der Waals surface area contributed by atoms with Gasteiger partial charge in [-0.15, -0.1) is 0 Å². The number of amides is 1. The Bertz CT molecular complexity index is 1480. The Kier molecular flexibility index (Phi) is 8.40. The number of halogens is 1. The molecule has 0 aromatic heterocycles. The zero-order chi connectivity index (χ0) is 27.1. The molecule has 8 nitrogen and oxygen atoms in total. The predicted octanol–water partition coefficient (Wildman–Crippen LogP) is 6.39. The van der Waals surface area contributed by atoms with Crippen molar-refractivity contribution in [2.75, 3.05) is 5.32 Å². The maximum absolute atomic E-state index is 13.5. The van der Waals surface area contributed by atoms with Crippen LogP contribution in [0.3, 0.4) is 0 Å². The van der Waals surface area contributed by atoms with Crippen molar-refractivity contribution in [3.63, 3.8) is 0 Å². The fourth-order valence-corrected chi connectivity index (χ4v) is 4.36. The van der Waals surface area contributed by atoms with Gasteiger partial charge in [-0.3, -0.25) is 19.7 Å². The van der Waals surface area contributed by atoms with Crippen LogP contribution in [0.1, 0.15) is 41.5 Å². The summed E-state index contributed by atoms with van der Waals surface area (Å²) in [6.45, 7) is 0. The molecule has 0 aliphatic carbocycles. The Morgan fingerprint density at radius 3 is 2.05 bits per heavy atom. The Morgan fingerprint density at radius 1 is 0.789 bits per heavy atom. The van der Waals surface area contributed by atoms with Crippen molar-refractivity contribution < 1.29 is 24.0 Å². The third-order valence-corrected chi connectivity index (χ3v) is 6.66. The van der Waals surface area contributed by atoms with Crippen LogP contribution in [-0.4, -0.2) is 28.7 Å². The lowest BCUT2D eigenvalue weighted by Gasteiger charge is -2.23. The van der Waals surface area contributed by atoms with Gasteiger partial charge >= 0.3 is 5.97 Å². The molecule has 9 heteroatoms. The summed E-state index contributed by atoms with van der Waals surface area (Å²) in [5, 5.41) is 14.0. The second kappa shape index (κ2) is 12.1. The molecule has 190 valence electrons. The van der Waals surface area contributed by atoms with Crippen LogP contribution in [0.5, 0.6) is 0 Å². The Morgan fingerprint density at radius 2 is 1.39 bits per heavy atom. The molecule has 0 unspecified atom stereocenters. The van der Waals surface area contributed by atoms with E-state index in [1.165, 1.54) is 24.3 Å². The van der Waals surface area contributed by atoms with Crippen molar-refractivity contribution in [3.05, 3.63) is 142 Å². The first-order valence-electron chi connectivity index (χ1n) is 11.5. The van der Waals surface area contributed by atoms with Gasteiger partial charge in [-0.1, -0.05) is 88.7 Å². The first kappa shape index (κ1) is 26.4. The van der Waals surface area contributed by atoms with Crippen LogP contribution < -0.4 is 5.32 Å². The second-order valence-electron chi connectivity index (χ2n) is 8.18. The molecule has 4 aromatic carbocycles. The van der Waals surface area contributed by atoms with Gasteiger partial charge in [0, 0.05) is 23.3 Å². The Labute approximate surface area is 226 Å². The van der Waals surface area contributed by atoms with Gasteiger partial charge < -0.3 is 10.1 Å². The van der Waals surface area contributed by atoms with Crippen LogP contribution in [0.4, 0.5) is 11.4 Å². The van der Waals surface area contributed by atoms with Crippen molar-refractivity contribution in [1.29, 1.82) is 0 Å². The summed E-state index contributed by atoms with van der Waals surface area (Å²) in [6.07, 6.45) is -1.37. The number of ether oxygens (including phenoxy) is 1. The highest BCUT2D eigenvalue weighted by atomic mass is 79.9. The van der Waals surface area contributed by atoms with Crippen LogP contribution in [0.2, 0.25) is 0 Å². The zero-order valence-corrected chi connectivity index (χ0v) is 21.4. The predicted molar refractivity (Wildman–Crippen MR) is 146 cm³/mol. The molecular formula is C29H21BrN2O6. The van der Waals surface area contributed by atoms with Gasteiger partial charge in [-0.05, 0) is 29.8 Å². The highest BCUT2D eigenvalue weighted by Gasteiger charge is 2.34. The van der Waals surface area contributed by atoms with Gasteiger partial charge in [0.25, 0.3) is 11.6 Å². The molecule has 1 N–H and O–H groups in total. The van der Waals surface area contributed by atoms with Crippen LogP contribution in [-0.2, 0) is 4.74 Å². The largest absolute Gasteiger partial charge is 0.449 e. The SMILES string of the molecule is O=C(Nc1ccccc1C(=O)O[C@@H](C(=O)c1ccccc1)[C@@H](Br)c1cccc([N+](=O)[O-])c1)c1ccccc1. The number of hydrogen-bond donors (Lipinski definition) is 1. The number of non-ortho nitro benzene ring substituents is 1. The lowest BCUT2D eigenvalue weighted by atomic mass is 9.99. The van der Waals surface area contributed by atoms with Gasteiger partial charge in [0.15, 0.2) is 6.10 Å². The van der Waals surface area contributed by atoms with E-state index in [-0.39, 0.29) is 16.9 Å². The number of carbonyl (C=O) groups is 3. The third-order valence-electron chi connectivity index (χ3n) is 5.65. The van der Waals surface area contributed by atoms with E-state index in [1.54, 1.807) is 84.9 Å². The molecule has 1 amide bonds. The summed E-state index contributed by atoms with van der Waals surface area (Å²) in [6, 6.07) is 28.8. The number of Topliss-reactive ketones (excluding diaryl/α,β-unsaturated/α-hetero) is 1. The van der Waals surface area contributed by atoms with Gasteiger partial charge in [-0.25, -0.2) is 4.79 Å². The number of alkyl halides is 1. The number of esters is 1. The molecule has 0 aliphatic rings. The van der Waals surface area contributed by atoms with Crippen LogP contribution in [0.15, 0.2) is 109 Å². The number of anilines is 1. The number of benzene rings is 4. The van der Waals surface area contributed by atoms with Gasteiger partial charge in [-0.2, -0.15) is 0 Å². The number of nitrogens with one attached hydrogen (secondary N) is 1. The van der Waals surface area contributed by atoms with E-state index >= 15 is 0 Å². The first-order valence-corrected chi connectivity index (χ1v) is 12.4. The average Bonchev–Trinajstić information content (AvgIpc) is 2.96. The fraction of sp³-hybridized carbons (Fsp3) is 0.0690. The number of nitrogens with zero attached hydrogens (tertiary/aromatic N) is 1. The molecule has 0 aliphatic heterocycles. The number of para-hydroxylation sites is 1. The number of nitro groups is 1. The van der Waals surface area contributed by atoms with Crippen molar-refractivity contribution in [2.24, 2.45) is 0 Å². The molecule has 0 saturated heterocycles. The number of nitro benzene ring substituents is 1. The van der Waals surface area contributed by atoms with Gasteiger partial charge in [0.05, 0.1) is 21.0 Å². The van der Waals surface area contributed by atoms with Gasteiger partial charge in [0.1, 0.15) is 0 Å². The highest BCUT2D eigenvalue weighted by molar-refractivity contribution is 9.09. The van der Waals surface area contributed by atoms with Crippen LogP contribution >= 0.6 is 15.9 Å². The normalized spacial score (nSPS) is 12.1. The van der Waals surface area contributed by atoms with E-state index < -0.39 is 33.5 Å². The second-order valence-corrected chi connectivity index (χ2v) is 9.16. The molecular weight excluding hydrogens is 552 g/mol. The van der Waals surface area contributed by atoms with E-state index in [0.717, 1.165) is 0 Å². The number of carbonyl (C=O) groups excluding carboxylic acids is 3. The van der Waals surface area contributed by atoms with Crippen molar-refractivity contribution in [3.8, 4) is 0 Å². The van der Waals surface area contributed by atoms with E-state index in [4.69, 9.17) is 4.74 Å². The third kappa shape index (κ3) is 6.19. The van der Waals surface area contributed by atoms with E-state index in [2.05, 4.69) is 21.2 Å². The van der Waals surface area contributed by atoms with E-state index in [9.17, 15) is 24.5 Å². The average molecular weight is 573 g/mol. The maximum atomic E-state index is 13.5. The molecule has 2 atom stereocenters. The quantitative estimate of drug-likeness (QED) is 0.0816. The zero-order valence-electron chi connectivity index (χ0n) is 19.8. The molecule has 0 fully saturated rings. The number of rotatable bonds is 9. The Balaban J connectivity index is 1.65. The van der Waals surface area contributed by atoms with Crippen molar-refractivity contribution >= 4 is 45.0 Å². The van der Waals surface area contributed by atoms with Crippen LogP contribution in [0.25, 0.3) is 0 Å². The molecule has 0 spiro atoms. The van der Waals surface area contributed by atoms with Crippen molar-refractivity contribution in [2.45, 2.75) is 10.9 Å². The Hall–Kier alpha value is -4.63. The molecule has 4 rings (SSSR count). The molecule has 0 bridgehead atoms. The molecule has 4 aromatic rings. The monoisotopic (exact) mass is 572 g/mol. The summed E-state index contributed by atoms with van der Waals surface area (Å²) in [7, 11) is 0. The highest BCUT2D eigenvalue weighted by Crippen LogP contribution is 2.33. The smallest absolute Gasteiger partial charge is 0.341 e.